The molecule has 1 aromatic carbocycles. The van der Waals surface area contributed by atoms with Crippen molar-refractivity contribution in [1.29, 1.82) is 0 Å². The Balaban J connectivity index is 1.68. The van der Waals surface area contributed by atoms with Crippen molar-refractivity contribution in [3.63, 3.8) is 0 Å². The van der Waals surface area contributed by atoms with Crippen molar-refractivity contribution in [2.45, 2.75) is 32.2 Å². The molecule has 1 N–H and O–H groups in total. The van der Waals surface area contributed by atoms with Crippen LogP contribution < -0.4 is 10.1 Å². The van der Waals surface area contributed by atoms with Gasteiger partial charge in [0.2, 0.25) is 0 Å². The van der Waals surface area contributed by atoms with E-state index in [4.69, 9.17) is 4.74 Å². The van der Waals surface area contributed by atoms with E-state index in [1.807, 2.05) is 12.1 Å². The Labute approximate surface area is 98.0 Å². The molecule has 0 bridgehead atoms. The lowest BCUT2D eigenvalue weighted by atomic mass is 9.82. The Kier molecular flexibility index (Phi) is 3.83. The molecule has 16 heavy (non-hydrogen) atoms. The fourth-order valence-corrected chi connectivity index (χ4v) is 2.28. The van der Waals surface area contributed by atoms with Crippen LogP contribution in [0.3, 0.4) is 0 Å². The fourth-order valence-electron chi connectivity index (χ4n) is 2.28. The van der Waals surface area contributed by atoms with Crippen LogP contribution in [0.1, 0.15) is 25.3 Å². The summed E-state index contributed by atoms with van der Waals surface area (Å²) < 4.78 is 5.13. The van der Waals surface area contributed by atoms with Crippen molar-refractivity contribution in [1.82, 2.24) is 5.32 Å². The monoisotopic (exact) mass is 219 g/mol. The van der Waals surface area contributed by atoms with E-state index >= 15 is 0 Å². The van der Waals surface area contributed by atoms with Crippen LogP contribution in [-0.4, -0.2) is 19.7 Å². The number of methoxy groups -OCH3 is 1. The number of benzene rings is 1. The topological polar surface area (TPSA) is 21.3 Å². The second-order valence-electron chi connectivity index (χ2n) is 4.83. The molecule has 1 aliphatic rings. The predicted molar refractivity (Wildman–Crippen MR) is 66.9 cm³/mol. The summed E-state index contributed by atoms with van der Waals surface area (Å²) in [5, 5.41) is 3.60. The van der Waals surface area contributed by atoms with Crippen molar-refractivity contribution in [3.8, 4) is 5.75 Å². The van der Waals surface area contributed by atoms with Crippen molar-refractivity contribution in [2.24, 2.45) is 5.92 Å². The van der Waals surface area contributed by atoms with Crippen LogP contribution in [0.15, 0.2) is 24.3 Å². The fraction of sp³-hybridized carbons (Fsp3) is 0.571. The van der Waals surface area contributed by atoms with E-state index in [0.717, 1.165) is 30.7 Å². The minimum atomic E-state index is 0.772. The molecule has 0 amide bonds. The minimum Gasteiger partial charge on any atom is -0.497 e. The Morgan fingerprint density at radius 3 is 2.50 bits per heavy atom. The average Bonchev–Trinajstić information content (AvgIpc) is 2.27. The van der Waals surface area contributed by atoms with Gasteiger partial charge >= 0.3 is 0 Å². The van der Waals surface area contributed by atoms with Crippen molar-refractivity contribution in [3.05, 3.63) is 29.8 Å². The van der Waals surface area contributed by atoms with Gasteiger partial charge in [-0.3, -0.25) is 0 Å². The number of ether oxygens (including phenoxy) is 1. The van der Waals surface area contributed by atoms with Crippen LogP contribution in [-0.2, 0) is 6.42 Å². The maximum atomic E-state index is 5.13. The highest BCUT2D eigenvalue weighted by Crippen LogP contribution is 2.26. The number of hydrogen-bond donors (Lipinski definition) is 1. The van der Waals surface area contributed by atoms with Crippen LogP contribution in [0.25, 0.3) is 0 Å². The predicted octanol–water partition coefficient (Wildman–Crippen LogP) is 2.63. The van der Waals surface area contributed by atoms with Gasteiger partial charge in [0.1, 0.15) is 5.75 Å². The van der Waals surface area contributed by atoms with E-state index in [0.29, 0.717) is 0 Å². The van der Waals surface area contributed by atoms with E-state index in [1.165, 1.54) is 18.4 Å². The molecule has 0 heterocycles. The molecular formula is C14H21NO. The van der Waals surface area contributed by atoms with Crippen molar-refractivity contribution < 1.29 is 4.74 Å². The second kappa shape index (κ2) is 5.35. The molecule has 0 aliphatic heterocycles. The van der Waals surface area contributed by atoms with Gasteiger partial charge in [0, 0.05) is 6.04 Å². The van der Waals surface area contributed by atoms with Crippen molar-refractivity contribution in [2.75, 3.05) is 13.7 Å². The lowest BCUT2D eigenvalue weighted by Crippen LogP contribution is -2.40. The number of rotatable bonds is 5. The quantitative estimate of drug-likeness (QED) is 0.822. The molecule has 1 fully saturated rings. The van der Waals surface area contributed by atoms with Gasteiger partial charge in [-0.05, 0) is 49.4 Å². The molecule has 2 nitrogen and oxygen atoms in total. The van der Waals surface area contributed by atoms with Gasteiger partial charge in [-0.15, -0.1) is 0 Å². The van der Waals surface area contributed by atoms with Gasteiger partial charge in [0.05, 0.1) is 7.11 Å². The van der Waals surface area contributed by atoms with Gasteiger partial charge in [0.25, 0.3) is 0 Å². The summed E-state index contributed by atoms with van der Waals surface area (Å²) in [6, 6.07) is 9.11. The third-order valence-electron chi connectivity index (χ3n) is 3.38. The summed E-state index contributed by atoms with van der Waals surface area (Å²) in [5.41, 5.74) is 1.38. The van der Waals surface area contributed by atoms with Crippen LogP contribution >= 0.6 is 0 Å². The number of nitrogens with one attached hydrogen (secondary N) is 1. The molecule has 1 aromatic rings. The Bertz CT molecular complexity index is 314. The summed E-state index contributed by atoms with van der Waals surface area (Å²) in [6.07, 6.45) is 3.81. The average molecular weight is 219 g/mol. The van der Waals surface area contributed by atoms with E-state index in [9.17, 15) is 0 Å². The summed E-state index contributed by atoms with van der Waals surface area (Å²) in [6.45, 7) is 3.41. The van der Waals surface area contributed by atoms with Crippen molar-refractivity contribution >= 4 is 0 Å². The summed E-state index contributed by atoms with van der Waals surface area (Å²) in [4.78, 5) is 0. The van der Waals surface area contributed by atoms with Gasteiger partial charge in [-0.2, -0.15) is 0 Å². The number of hydrogen-bond acceptors (Lipinski definition) is 2. The maximum Gasteiger partial charge on any atom is 0.118 e. The SMILES string of the molecule is COc1ccc(CCNC2CC(C)C2)cc1. The molecule has 0 saturated heterocycles. The Morgan fingerprint density at radius 1 is 1.25 bits per heavy atom. The molecular weight excluding hydrogens is 198 g/mol. The second-order valence-corrected chi connectivity index (χ2v) is 4.83. The van der Waals surface area contributed by atoms with E-state index < -0.39 is 0 Å². The van der Waals surface area contributed by atoms with E-state index in [2.05, 4.69) is 24.4 Å². The first-order valence-corrected chi connectivity index (χ1v) is 6.14. The lowest BCUT2D eigenvalue weighted by molar-refractivity contribution is 0.243. The van der Waals surface area contributed by atoms with Crippen LogP contribution in [0.4, 0.5) is 0 Å². The van der Waals surface area contributed by atoms with E-state index in [-0.39, 0.29) is 0 Å². The normalized spacial score (nSPS) is 23.9. The Morgan fingerprint density at radius 2 is 1.94 bits per heavy atom. The molecule has 0 spiro atoms. The summed E-state index contributed by atoms with van der Waals surface area (Å²) in [7, 11) is 1.70. The zero-order valence-corrected chi connectivity index (χ0v) is 10.2. The first-order valence-electron chi connectivity index (χ1n) is 6.14. The maximum absolute atomic E-state index is 5.13. The summed E-state index contributed by atoms with van der Waals surface area (Å²) in [5.74, 6) is 1.86. The van der Waals surface area contributed by atoms with E-state index in [1.54, 1.807) is 7.11 Å². The largest absolute Gasteiger partial charge is 0.497 e. The molecule has 2 rings (SSSR count). The Hall–Kier alpha value is -1.02. The standard InChI is InChI=1S/C14H21NO/c1-11-9-13(10-11)15-8-7-12-3-5-14(16-2)6-4-12/h3-6,11,13,15H,7-10H2,1-2H3. The highest BCUT2D eigenvalue weighted by molar-refractivity contribution is 5.27. The first kappa shape index (κ1) is 11.5. The zero-order chi connectivity index (χ0) is 11.4. The van der Waals surface area contributed by atoms with Crippen LogP contribution in [0.2, 0.25) is 0 Å². The molecule has 88 valence electrons. The van der Waals surface area contributed by atoms with Crippen LogP contribution in [0, 0.1) is 5.92 Å². The molecule has 2 heteroatoms. The molecule has 0 atom stereocenters. The molecule has 1 aliphatic carbocycles. The highest BCUT2D eigenvalue weighted by atomic mass is 16.5. The van der Waals surface area contributed by atoms with Gasteiger partial charge in [0.15, 0.2) is 0 Å². The smallest absolute Gasteiger partial charge is 0.118 e. The summed E-state index contributed by atoms with van der Waals surface area (Å²) >= 11 is 0. The van der Waals surface area contributed by atoms with Crippen LogP contribution in [0.5, 0.6) is 5.75 Å². The first-order chi connectivity index (χ1) is 7.78. The highest BCUT2D eigenvalue weighted by Gasteiger charge is 2.23. The van der Waals surface area contributed by atoms with Gasteiger partial charge in [-0.25, -0.2) is 0 Å². The zero-order valence-electron chi connectivity index (χ0n) is 10.2. The molecule has 1 saturated carbocycles. The lowest BCUT2D eigenvalue weighted by Gasteiger charge is -2.33. The van der Waals surface area contributed by atoms with Gasteiger partial charge in [-0.1, -0.05) is 19.1 Å². The molecule has 0 aromatic heterocycles. The molecule has 0 unspecified atom stereocenters. The van der Waals surface area contributed by atoms with Gasteiger partial charge < -0.3 is 10.1 Å². The molecule has 0 radical (unpaired) electrons. The third kappa shape index (κ3) is 2.99. The third-order valence-corrected chi connectivity index (χ3v) is 3.38. The minimum absolute atomic E-state index is 0.772.